The van der Waals surface area contributed by atoms with Crippen molar-refractivity contribution in [2.24, 2.45) is 0 Å². The zero-order valence-electron chi connectivity index (χ0n) is 15.2. The van der Waals surface area contributed by atoms with Crippen LogP contribution in [0.2, 0.25) is 0 Å². The zero-order valence-corrected chi connectivity index (χ0v) is 15.2. The number of carbonyl (C=O) groups is 2. The van der Waals surface area contributed by atoms with Gasteiger partial charge in [-0.15, -0.1) is 6.42 Å². The van der Waals surface area contributed by atoms with E-state index in [1.165, 1.54) is 4.90 Å². The maximum absolute atomic E-state index is 13.0. The van der Waals surface area contributed by atoms with Gasteiger partial charge in [-0.3, -0.25) is 14.5 Å². The van der Waals surface area contributed by atoms with Gasteiger partial charge in [-0.25, -0.2) is 0 Å². The van der Waals surface area contributed by atoms with Crippen LogP contribution in [0.3, 0.4) is 0 Å². The summed E-state index contributed by atoms with van der Waals surface area (Å²) in [5.41, 5.74) is 1.43. The highest BCUT2D eigenvalue weighted by Crippen LogP contribution is 2.24. The highest BCUT2D eigenvalue weighted by molar-refractivity contribution is 6.14. The molecule has 0 N–H and O–H groups in total. The second kappa shape index (κ2) is 9.20. The van der Waals surface area contributed by atoms with Crippen molar-refractivity contribution in [2.45, 2.75) is 0 Å². The topological polar surface area (TPSA) is 46.6 Å². The van der Waals surface area contributed by atoms with E-state index in [0.29, 0.717) is 22.6 Å². The molecule has 4 heteroatoms. The standard InChI is InChI=1S/C24H19NO3/c1-2-17-25(23(26)18-28-20-13-7-4-8-14-20)22-16-10-9-15-21(22)24(27)19-11-5-3-6-12-19/h1,3-16H,17-18H2. The number of terminal acetylenes is 1. The van der Waals surface area contributed by atoms with E-state index in [2.05, 4.69) is 5.92 Å². The Hall–Kier alpha value is -3.84. The van der Waals surface area contributed by atoms with E-state index >= 15 is 0 Å². The molecule has 3 aromatic rings. The highest BCUT2D eigenvalue weighted by Gasteiger charge is 2.22. The van der Waals surface area contributed by atoms with Crippen molar-refractivity contribution in [2.75, 3.05) is 18.1 Å². The van der Waals surface area contributed by atoms with Crippen molar-refractivity contribution < 1.29 is 14.3 Å². The van der Waals surface area contributed by atoms with Crippen LogP contribution in [0.5, 0.6) is 5.75 Å². The van der Waals surface area contributed by atoms with Crippen molar-refractivity contribution in [1.82, 2.24) is 0 Å². The van der Waals surface area contributed by atoms with Gasteiger partial charge in [0.15, 0.2) is 12.4 Å². The Bertz CT molecular complexity index is 991. The fourth-order valence-electron chi connectivity index (χ4n) is 2.78. The summed E-state index contributed by atoms with van der Waals surface area (Å²) in [4.78, 5) is 27.2. The predicted molar refractivity (Wildman–Crippen MR) is 109 cm³/mol. The van der Waals surface area contributed by atoms with Crippen LogP contribution >= 0.6 is 0 Å². The maximum atomic E-state index is 13.0. The lowest BCUT2D eigenvalue weighted by Crippen LogP contribution is -2.36. The van der Waals surface area contributed by atoms with Crippen LogP contribution in [-0.2, 0) is 4.79 Å². The molecule has 0 aliphatic heterocycles. The zero-order chi connectivity index (χ0) is 19.8. The Morgan fingerprint density at radius 3 is 2.14 bits per heavy atom. The van der Waals surface area contributed by atoms with Gasteiger partial charge in [0, 0.05) is 11.1 Å². The van der Waals surface area contributed by atoms with Gasteiger partial charge in [-0.2, -0.15) is 0 Å². The molecular weight excluding hydrogens is 350 g/mol. The molecule has 28 heavy (non-hydrogen) atoms. The lowest BCUT2D eigenvalue weighted by Gasteiger charge is -2.23. The Kier molecular flexibility index (Phi) is 6.22. The molecule has 0 aromatic heterocycles. The monoisotopic (exact) mass is 369 g/mol. The number of ketones is 1. The summed E-state index contributed by atoms with van der Waals surface area (Å²) in [6.07, 6.45) is 5.48. The number of amides is 1. The van der Waals surface area contributed by atoms with Crippen LogP contribution in [0.25, 0.3) is 0 Å². The smallest absolute Gasteiger partial charge is 0.265 e. The Morgan fingerprint density at radius 2 is 1.46 bits per heavy atom. The summed E-state index contributed by atoms with van der Waals surface area (Å²) in [5.74, 6) is 2.58. The number of rotatable bonds is 7. The summed E-state index contributed by atoms with van der Waals surface area (Å²) >= 11 is 0. The first-order valence-electron chi connectivity index (χ1n) is 8.81. The molecular formula is C24H19NO3. The lowest BCUT2D eigenvalue weighted by molar-refractivity contribution is -0.120. The largest absolute Gasteiger partial charge is 0.484 e. The number of anilines is 1. The Morgan fingerprint density at radius 1 is 0.857 bits per heavy atom. The first kappa shape index (κ1) is 18.9. The van der Waals surface area contributed by atoms with E-state index < -0.39 is 0 Å². The fourth-order valence-corrected chi connectivity index (χ4v) is 2.78. The summed E-state index contributed by atoms with van der Waals surface area (Å²) in [7, 11) is 0. The van der Waals surface area contributed by atoms with Crippen LogP contribution in [0.15, 0.2) is 84.9 Å². The maximum Gasteiger partial charge on any atom is 0.265 e. The third-order valence-corrected chi connectivity index (χ3v) is 4.13. The molecule has 0 fully saturated rings. The number of carbonyl (C=O) groups excluding carboxylic acids is 2. The quantitative estimate of drug-likeness (QED) is 0.468. The fraction of sp³-hybridized carbons (Fsp3) is 0.0833. The molecule has 0 aliphatic rings. The van der Waals surface area contributed by atoms with Crippen LogP contribution in [0.1, 0.15) is 15.9 Å². The normalized spacial score (nSPS) is 9.96. The Labute approximate surface area is 164 Å². The van der Waals surface area contributed by atoms with Crippen molar-refractivity contribution in [1.29, 1.82) is 0 Å². The van der Waals surface area contributed by atoms with Gasteiger partial charge >= 0.3 is 0 Å². The van der Waals surface area contributed by atoms with E-state index in [9.17, 15) is 9.59 Å². The lowest BCUT2D eigenvalue weighted by atomic mass is 10.0. The summed E-state index contributed by atoms with van der Waals surface area (Å²) in [6, 6.07) is 24.9. The molecule has 1 amide bonds. The van der Waals surface area contributed by atoms with Gasteiger partial charge in [0.2, 0.25) is 0 Å². The molecule has 0 radical (unpaired) electrons. The molecule has 0 atom stereocenters. The van der Waals surface area contributed by atoms with Gasteiger partial charge in [-0.05, 0) is 24.3 Å². The molecule has 0 saturated heterocycles. The van der Waals surface area contributed by atoms with Crippen LogP contribution in [0.4, 0.5) is 5.69 Å². The van der Waals surface area contributed by atoms with Gasteiger partial charge in [0.25, 0.3) is 5.91 Å². The molecule has 138 valence electrons. The minimum atomic E-state index is -0.324. The van der Waals surface area contributed by atoms with Gasteiger partial charge < -0.3 is 4.74 Å². The van der Waals surface area contributed by atoms with E-state index in [1.807, 2.05) is 24.3 Å². The molecule has 0 aliphatic carbocycles. The molecule has 0 saturated carbocycles. The van der Waals surface area contributed by atoms with E-state index in [1.54, 1.807) is 60.7 Å². The van der Waals surface area contributed by atoms with E-state index in [0.717, 1.165) is 0 Å². The van der Waals surface area contributed by atoms with Crippen molar-refractivity contribution in [3.05, 3.63) is 96.1 Å². The van der Waals surface area contributed by atoms with E-state index in [-0.39, 0.29) is 24.8 Å². The summed E-state index contributed by atoms with van der Waals surface area (Å²) in [6.45, 7) is -0.143. The van der Waals surface area contributed by atoms with Crippen molar-refractivity contribution in [3.8, 4) is 18.1 Å². The molecule has 0 spiro atoms. The molecule has 3 rings (SSSR count). The van der Waals surface area contributed by atoms with Gasteiger partial charge in [-0.1, -0.05) is 66.6 Å². The number of hydrogen-bond acceptors (Lipinski definition) is 3. The minimum Gasteiger partial charge on any atom is -0.484 e. The SMILES string of the molecule is C#CCN(C(=O)COc1ccccc1)c1ccccc1C(=O)c1ccccc1. The number of benzene rings is 3. The second-order valence-electron chi connectivity index (χ2n) is 6.00. The molecule has 4 nitrogen and oxygen atoms in total. The van der Waals surface area contributed by atoms with Crippen LogP contribution in [0, 0.1) is 12.3 Å². The third kappa shape index (κ3) is 4.46. The summed E-state index contributed by atoms with van der Waals surface area (Å²) in [5, 5.41) is 0. The minimum absolute atomic E-state index is 0.0378. The van der Waals surface area contributed by atoms with Crippen molar-refractivity contribution in [3.63, 3.8) is 0 Å². The number of nitrogens with zero attached hydrogens (tertiary/aromatic N) is 1. The highest BCUT2D eigenvalue weighted by atomic mass is 16.5. The van der Waals surface area contributed by atoms with Gasteiger partial charge in [0.05, 0.1) is 12.2 Å². The van der Waals surface area contributed by atoms with E-state index in [4.69, 9.17) is 11.2 Å². The number of ether oxygens (including phenoxy) is 1. The number of para-hydroxylation sites is 2. The Balaban J connectivity index is 1.87. The molecule has 3 aromatic carbocycles. The van der Waals surface area contributed by atoms with Crippen LogP contribution in [-0.4, -0.2) is 24.8 Å². The first-order valence-corrected chi connectivity index (χ1v) is 8.81. The molecule has 0 heterocycles. The third-order valence-electron chi connectivity index (χ3n) is 4.13. The predicted octanol–water partition coefficient (Wildman–Crippen LogP) is 3.96. The summed E-state index contributed by atoms with van der Waals surface area (Å²) < 4.78 is 5.56. The van der Waals surface area contributed by atoms with Crippen molar-refractivity contribution >= 4 is 17.4 Å². The average molecular weight is 369 g/mol. The average Bonchev–Trinajstić information content (AvgIpc) is 2.76. The second-order valence-corrected chi connectivity index (χ2v) is 6.00. The first-order chi connectivity index (χ1) is 13.7. The molecule has 0 unspecified atom stereocenters. The van der Waals surface area contributed by atoms with Crippen LogP contribution < -0.4 is 9.64 Å². The molecule has 0 bridgehead atoms. The number of hydrogen-bond donors (Lipinski definition) is 0. The van der Waals surface area contributed by atoms with Gasteiger partial charge in [0.1, 0.15) is 5.75 Å².